The second-order valence-electron chi connectivity index (χ2n) is 4.29. The van der Waals surface area contributed by atoms with E-state index in [2.05, 4.69) is 21.0 Å². The summed E-state index contributed by atoms with van der Waals surface area (Å²) in [5.41, 5.74) is 1.85. The molecular weight excluding hydrogens is 320 g/mol. The van der Waals surface area contributed by atoms with Gasteiger partial charge in [0.1, 0.15) is 17.0 Å². The molecule has 0 fully saturated rings. The van der Waals surface area contributed by atoms with Gasteiger partial charge in [0.15, 0.2) is 0 Å². The van der Waals surface area contributed by atoms with Crippen LogP contribution in [0.15, 0.2) is 47.1 Å². The highest BCUT2D eigenvalue weighted by Gasteiger charge is 2.10. The molecular formula is C15H13BrN2O2. The van der Waals surface area contributed by atoms with Crippen molar-refractivity contribution in [1.29, 1.82) is 0 Å². The second-order valence-corrected chi connectivity index (χ2v) is 5.08. The number of benzene rings is 2. The lowest BCUT2D eigenvalue weighted by molar-refractivity contribution is 0.413. The van der Waals surface area contributed by atoms with Crippen LogP contribution in [0.4, 0.5) is 0 Å². The molecule has 0 saturated heterocycles. The SMILES string of the molecule is COc1ccc(-n2cc3ccc(OC)c(Br)c3n2)cc1. The first-order chi connectivity index (χ1) is 9.72. The Bertz CT molecular complexity index is 750. The van der Waals surface area contributed by atoms with E-state index in [4.69, 9.17) is 9.47 Å². The Morgan fingerprint density at radius 3 is 2.40 bits per heavy atom. The molecule has 3 rings (SSSR count). The van der Waals surface area contributed by atoms with Crippen molar-refractivity contribution in [2.45, 2.75) is 0 Å². The number of hydrogen-bond donors (Lipinski definition) is 0. The summed E-state index contributed by atoms with van der Waals surface area (Å²) in [6.07, 6.45) is 1.99. The van der Waals surface area contributed by atoms with Gasteiger partial charge in [0.25, 0.3) is 0 Å². The Morgan fingerprint density at radius 1 is 1.00 bits per heavy atom. The van der Waals surface area contributed by atoms with Crippen LogP contribution in [0.2, 0.25) is 0 Å². The Balaban J connectivity index is 2.10. The van der Waals surface area contributed by atoms with E-state index in [9.17, 15) is 0 Å². The second kappa shape index (κ2) is 5.17. The van der Waals surface area contributed by atoms with E-state index in [-0.39, 0.29) is 0 Å². The number of ether oxygens (including phenoxy) is 2. The van der Waals surface area contributed by atoms with Crippen molar-refractivity contribution in [3.05, 3.63) is 47.1 Å². The van der Waals surface area contributed by atoms with Crippen molar-refractivity contribution < 1.29 is 9.47 Å². The largest absolute Gasteiger partial charge is 0.497 e. The van der Waals surface area contributed by atoms with E-state index in [0.29, 0.717) is 0 Å². The lowest BCUT2D eigenvalue weighted by atomic mass is 10.2. The highest BCUT2D eigenvalue weighted by Crippen LogP contribution is 2.32. The summed E-state index contributed by atoms with van der Waals surface area (Å²) in [6.45, 7) is 0. The van der Waals surface area contributed by atoms with Gasteiger partial charge in [-0.1, -0.05) is 0 Å². The van der Waals surface area contributed by atoms with Gasteiger partial charge in [-0.15, -0.1) is 0 Å². The zero-order valence-corrected chi connectivity index (χ0v) is 12.7. The number of halogens is 1. The van der Waals surface area contributed by atoms with Crippen LogP contribution in [0.3, 0.4) is 0 Å². The number of fused-ring (bicyclic) bond motifs is 1. The number of hydrogen-bond acceptors (Lipinski definition) is 3. The third-order valence-corrected chi connectivity index (χ3v) is 3.90. The molecule has 0 unspecified atom stereocenters. The predicted molar refractivity (Wildman–Crippen MR) is 81.9 cm³/mol. The molecule has 0 saturated carbocycles. The first-order valence-corrected chi connectivity index (χ1v) is 6.88. The van der Waals surface area contributed by atoms with Crippen molar-refractivity contribution in [1.82, 2.24) is 9.78 Å². The van der Waals surface area contributed by atoms with Crippen molar-refractivity contribution in [2.24, 2.45) is 0 Å². The van der Waals surface area contributed by atoms with E-state index in [1.807, 2.05) is 47.3 Å². The molecule has 102 valence electrons. The van der Waals surface area contributed by atoms with Crippen LogP contribution in [0.1, 0.15) is 0 Å². The van der Waals surface area contributed by atoms with Gasteiger partial charge in [0.2, 0.25) is 0 Å². The first-order valence-electron chi connectivity index (χ1n) is 6.09. The van der Waals surface area contributed by atoms with Gasteiger partial charge in [0.05, 0.1) is 24.4 Å². The molecule has 1 aromatic heterocycles. The van der Waals surface area contributed by atoms with Crippen LogP contribution in [0.25, 0.3) is 16.6 Å². The average Bonchev–Trinajstić information content (AvgIpc) is 2.93. The smallest absolute Gasteiger partial charge is 0.135 e. The Kier molecular flexibility index (Phi) is 3.36. The molecule has 0 N–H and O–H groups in total. The first kappa shape index (κ1) is 13.0. The van der Waals surface area contributed by atoms with Crippen LogP contribution in [-0.2, 0) is 0 Å². The molecule has 0 atom stereocenters. The van der Waals surface area contributed by atoms with Crippen LogP contribution in [-0.4, -0.2) is 24.0 Å². The normalized spacial score (nSPS) is 10.8. The molecule has 2 aromatic carbocycles. The lowest BCUT2D eigenvalue weighted by Crippen LogP contribution is -1.94. The zero-order valence-electron chi connectivity index (χ0n) is 11.1. The average molecular weight is 333 g/mol. The number of rotatable bonds is 3. The molecule has 0 aliphatic heterocycles. The zero-order chi connectivity index (χ0) is 14.1. The maximum absolute atomic E-state index is 5.29. The molecule has 0 radical (unpaired) electrons. The summed E-state index contributed by atoms with van der Waals surface area (Å²) in [5, 5.41) is 5.65. The molecule has 0 spiro atoms. The maximum atomic E-state index is 5.29. The van der Waals surface area contributed by atoms with Gasteiger partial charge >= 0.3 is 0 Å². The van der Waals surface area contributed by atoms with Gasteiger partial charge in [-0.25, -0.2) is 4.68 Å². The summed E-state index contributed by atoms with van der Waals surface area (Å²) in [7, 11) is 3.30. The summed E-state index contributed by atoms with van der Waals surface area (Å²) in [4.78, 5) is 0. The molecule has 0 amide bonds. The van der Waals surface area contributed by atoms with Crippen molar-refractivity contribution in [3.8, 4) is 17.2 Å². The van der Waals surface area contributed by atoms with E-state index in [1.165, 1.54) is 0 Å². The van der Waals surface area contributed by atoms with Crippen LogP contribution >= 0.6 is 15.9 Å². The van der Waals surface area contributed by atoms with Crippen LogP contribution < -0.4 is 9.47 Å². The standard InChI is InChI=1S/C15H13BrN2O2/c1-19-12-6-4-11(5-7-12)18-9-10-3-8-13(20-2)14(16)15(10)17-18/h3-9H,1-2H3. The van der Waals surface area contributed by atoms with Gasteiger partial charge in [-0.3, -0.25) is 0 Å². The molecule has 5 heteroatoms. The van der Waals surface area contributed by atoms with Gasteiger partial charge in [0, 0.05) is 11.6 Å². The maximum Gasteiger partial charge on any atom is 0.135 e. The minimum absolute atomic E-state index is 0.775. The van der Waals surface area contributed by atoms with E-state index >= 15 is 0 Å². The molecule has 0 aliphatic carbocycles. The number of methoxy groups -OCH3 is 2. The van der Waals surface area contributed by atoms with Crippen molar-refractivity contribution in [3.63, 3.8) is 0 Å². The lowest BCUT2D eigenvalue weighted by Gasteiger charge is -2.03. The van der Waals surface area contributed by atoms with Crippen LogP contribution in [0, 0.1) is 0 Å². The fourth-order valence-corrected chi connectivity index (χ4v) is 2.66. The summed E-state index contributed by atoms with van der Waals surface area (Å²) in [6, 6.07) is 11.7. The van der Waals surface area contributed by atoms with Gasteiger partial charge in [-0.2, -0.15) is 5.10 Å². The van der Waals surface area contributed by atoms with E-state index < -0.39 is 0 Å². The summed E-state index contributed by atoms with van der Waals surface area (Å²) >= 11 is 3.53. The molecule has 20 heavy (non-hydrogen) atoms. The topological polar surface area (TPSA) is 36.3 Å². The van der Waals surface area contributed by atoms with Crippen LogP contribution in [0.5, 0.6) is 11.5 Å². The van der Waals surface area contributed by atoms with Gasteiger partial charge < -0.3 is 9.47 Å². The third-order valence-electron chi connectivity index (χ3n) is 3.14. The third kappa shape index (κ3) is 2.14. The fraction of sp³-hybridized carbons (Fsp3) is 0.133. The predicted octanol–water partition coefficient (Wildman–Crippen LogP) is 3.81. The number of nitrogens with zero attached hydrogens (tertiary/aromatic N) is 2. The quantitative estimate of drug-likeness (QED) is 0.731. The monoisotopic (exact) mass is 332 g/mol. The molecule has 4 nitrogen and oxygen atoms in total. The summed E-state index contributed by atoms with van der Waals surface area (Å²) < 4.78 is 13.2. The number of aromatic nitrogens is 2. The fourth-order valence-electron chi connectivity index (χ4n) is 2.06. The van der Waals surface area contributed by atoms with E-state index in [0.717, 1.165) is 32.6 Å². The summed E-state index contributed by atoms with van der Waals surface area (Å²) in [5.74, 6) is 1.60. The Morgan fingerprint density at radius 2 is 1.75 bits per heavy atom. The minimum Gasteiger partial charge on any atom is -0.497 e. The minimum atomic E-state index is 0.775. The Hall–Kier alpha value is -2.01. The van der Waals surface area contributed by atoms with Gasteiger partial charge in [-0.05, 0) is 52.3 Å². The van der Waals surface area contributed by atoms with E-state index in [1.54, 1.807) is 14.2 Å². The molecule has 1 heterocycles. The highest BCUT2D eigenvalue weighted by molar-refractivity contribution is 9.10. The Labute approximate surface area is 125 Å². The van der Waals surface area contributed by atoms with Crippen molar-refractivity contribution >= 4 is 26.8 Å². The van der Waals surface area contributed by atoms with Crippen molar-refractivity contribution in [2.75, 3.05) is 14.2 Å². The molecule has 0 bridgehead atoms. The highest BCUT2D eigenvalue weighted by atomic mass is 79.9. The molecule has 3 aromatic rings. The molecule has 0 aliphatic rings.